The van der Waals surface area contributed by atoms with E-state index in [1.807, 2.05) is 0 Å². The summed E-state index contributed by atoms with van der Waals surface area (Å²) < 4.78 is 31.9. The summed E-state index contributed by atoms with van der Waals surface area (Å²) in [6.07, 6.45) is -1.47. The molecule has 1 heterocycles. The van der Waals surface area contributed by atoms with Crippen LogP contribution < -0.4 is 0 Å². The van der Waals surface area contributed by atoms with Gasteiger partial charge in [0.25, 0.3) is 0 Å². The molecule has 1 saturated heterocycles. The summed E-state index contributed by atoms with van der Waals surface area (Å²) in [5.41, 5.74) is 0. The van der Waals surface area contributed by atoms with Crippen LogP contribution in [0.3, 0.4) is 0 Å². The zero-order valence-corrected chi connectivity index (χ0v) is 8.29. The van der Waals surface area contributed by atoms with Crippen molar-refractivity contribution < 1.29 is 23.0 Å². The van der Waals surface area contributed by atoms with Gasteiger partial charge in [0.1, 0.15) is 0 Å². The third kappa shape index (κ3) is 3.22. The van der Waals surface area contributed by atoms with Gasteiger partial charge in [-0.05, 0) is 0 Å². The second-order valence-electron chi connectivity index (χ2n) is 3.05. The lowest BCUT2D eigenvalue weighted by atomic mass is 10.3. The SMILES string of the molecule is COCCOC1CS(=O)(=O)CC1O. The Hall–Kier alpha value is -0.170. The maximum atomic E-state index is 11.0. The molecule has 2 unspecified atom stereocenters. The van der Waals surface area contributed by atoms with Crippen molar-refractivity contribution in [3.63, 3.8) is 0 Å². The van der Waals surface area contributed by atoms with Gasteiger partial charge in [0, 0.05) is 7.11 Å². The number of rotatable bonds is 4. The quantitative estimate of drug-likeness (QED) is 0.590. The minimum Gasteiger partial charge on any atom is -0.389 e. The van der Waals surface area contributed by atoms with E-state index in [0.29, 0.717) is 13.2 Å². The number of sulfone groups is 1. The van der Waals surface area contributed by atoms with E-state index >= 15 is 0 Å². The number of ether oxygens (including phenoxy) is 2. The van der Waals surface area contributed by atoms with Crippen molar-refractivity contribution in [2.24, 2.45) is 0 Å². The number of aliphatic hydroxyl groups is 1. The highest BCUT2D eigenvalue weighted by molar-refractivity contribution is 7.91. The molecule has 0 aromatic carbocycles. The van der Waals surface area contributed by atoms with Crippen molar-refractivity contribution in [1.82, 2.24) is 0 Å². The summed E-state index contributed by atoms with van der Waals surface area (Å²) in [6.45, 7) is 0.719. The average Bonchev–Trinajstić information content (AvgIpc) is 2.25. The molecule has 0 bridgehead atoms. The maximum Gasteiger partial charge on any atom is 0.155 e. The first-order chi connectivity index (χ1) is 6.05. The van der Waals surface area contributed by atoms with Gasteiger partial charge in [-0.3, -0.25) is 0 Å². The lowest BCUT2D eigenvalue weighted by Gasteiger charge is -2.12. The van der Waals surface area contributed by atoms with Crippen molar-refractivity contribution in [2.45, 2.75) is 12.2 Å². The summed E-state index contributed by atoms with van der Waals surface area (Å²) in [4.78, 5) is 0. The third-order valence-corrected chi connectivity index (χ3v) is 3.58. The largest absolute Gasteiger partial charge is 0.389 e. The molecule has 0 aromatic heterocycles. The molecule has 6 heteroatoms. The fourth-order valence-corrected chi connectivity index (χ4v) is 2.93. The Balaban J connectivity index is 2.36. The second-order valence-corrected chi connectivity index (χ2v) is 5.20. The highest BCUT2D eigenvalue weighted by Gasteiger charge is 2.36. The van der Waals surface area contributed by atoms with Gasteiger partial charge >= 0.3 is 0 Å². The van der Waals surface area contributed by atoms with Crippen molar-refractivity contribution >= 4 is 9.84 Å². The molecule has 1 fully saturated rings. The normalized spacial score (nSPS) is 32.2. The van der Waals surface area contributed by atoms with Crippen LogP contribution in [0.2, 0.25) is 0 Å². The van der Waals surface area contributed by atoms with Crippen LogP contribution in [0, 0.1) is 0 Å². The molecule has 1 N–H and O–H groups in total. The molecule has 1 aliphatic rings. The second kappa shape index (κ2) is 4.36. The van der Waals surface area contributed by atoms with E-state index in [1.165, 1.54) is 7.11 Å². The number of hydrogen-bond acceptors (Lipinski definition) is 5. The van der Waals surface area contributed by atoms with Gasteiger partial charge in [-0.25, -0.2) is 8.42 Å². The van der Waals surface area contributed by atoms with E-state index < -0.39 is 22.0 Å². The lowest BCUT2D eigenvalue weighted by molar-refractivity contribution is -0.0260. The van der Waals surface area contributed by atoms with Crippen molar-refractivity contribution in [1.29, 1.82) is 0 Å². The molecule has 1 rings (SSSR count). The molecule has 78 valence electrons. The third-order valence-electron chi connectivity index (χ3n) is 1.89. The first-order valence-electron chi connectivity index (χ1n) is 4.04. The molecule has 0 saturated carbocycles. The molecule has 0 radical (unpaired) electrons. The van der Waals surface area contributed by atoms with Crippen LogP contribution in [-0.2, 0) is 19.3 Å². The van der Waals surface area contributed by atoms with E-state index in [2.05, 4.69) is 0 Å². The van der Waals surface area contributed by atoms with Gasteiger partial charge in [-0.15, -0.1) is 0 Å². The predicted octanol–water partition coefficient (Wildman–Crippen LogP) is -1.19. The summed E-state index contributed by atoms with van der Waals surface area (Å²) in [5, 5.41) is 9.28. The average molecular weight is 210 g/mol. The Bertz CT molecular complexity index is 248. The van der Waals surface area contributed by atoms with Gasteiger partial charge < -0.3 is 14.6 Å². The standard InChI is InChI=1S/C7H14O5S/c1-11-2-3-12-7-5-13(9,10)4-6(7)8/h6-8H,2-5H2,1H3. The van der Waals surface area contributed by atoms with E-state index in [0.717, 1.165) is 0 Å². The molecular formula is C7H14O5S. The summed E-state index contributed by atoms with van der Waals surface area (Å²) in [5.74, 6) is -0.275. The van der Waals surface area contributed by atoms with Crippen LogP contribution in [0.15, 0.2) is 0 Å². The number of methoxy groups -OCH3 is 1. The van der Waals surface area contributed by atoms with E-state index in [1.54, 1.807) is 0 Å². The topological polar surface area (TPSA) is 72.8 Å². The molecule has 0 spiro atoms. The van der Waals surface area contributed by atoms with Crippen LogP contribution in [0.5, 0.6) is 0 Å². The fourth-order valence-electron chi connectivity index (χ4n) is 1.24. The van der Waals surface area contributed by atoms with Gasteiger partial charge in [-0.1, -0.05) is 0 Å². The van der Waals surface area contributed by atoms with Crippen LogP contribution in [0.25, 0.3) is 0 Å². The molecule has 5 nitrogen and oxygen atoms in total. The monoisotopic (exact) mass is 210 g/mol. The van der Waals surface area contributed by atoms with E-state index in [-0.39, 0.29) is 11.5 Å². The Morgan fingerprint density at radius 1 is 1.38 bits per heavy atom. The zero-order chi connectivity index (χ0) is 9.90. The minimum absolute atomic E-state index is 0.0854. The highest BCUT2D eigenvalue weighted by Crippen LogP contribution is 2.15. The Kier molecular flexibility index (Phi) is 3.66. The number of hydrogen-bond donors (Lipinski definition) is 1. The van der Waals surface area contributed by atoms with E-state index in [9.17, 15) is 13.5 Å². The molecule has 0 aliphatic carbocycles. The Morgan fingerprint density at radius 3 is 2.54 bits per heavy atom. The van der Waals surface area contributed by atoms with E-state index in [4.69, 9.17) is 9.47 Å². The Morgan fingerprint density at radius 2 is 2.08 bits per heavy atom. The van der Waals surface area contributed by atoms with Crippen LogP contribution in [-0.4, -0.2) is 57.6 Å². The van der Waals surface area contributed by atoms with Gasteiger partial charge in [-0.2, -0.15) is 0 Å². The first-order valence-corrected chi connectivity index (χ1v) is 5.86. The zero-order valence-electron chi connectivity index (χ0n) is 7.47. The molecule has 0 aromatic rings. The van der Waals surface area contributed by atoms with Crippen LogP contribution >= 0.6 is 0 Å². The van der Waals surface area contributed by atoms with Gasteiger partial charge in [0.15, 0.2) is 9.84 Å². The minimum atomic E-state index is -3.10. The molecule has 1 aliphatic heterocycles. The Labute approximate surface area is 77.6 Å². The fraction of sp³-hybridized carbons (Fsp3) is 1.00. The summed E-state index contributed by atoms with van der Waals surface area (Å²) in [6, 6.07) is 0. The van der Waals surface area contributed by atoms with Crippen LogP contribution in [0.1, 0.15) is 0 Å². The first kappa shape index (κ1) is 10.9. The highest BCUT2D eigenvalue weighted by atomic mass is 32.2. The number of aliphatic hydroxyl groups excluding tert-OH is 1. The summed E-state index contributed by atoms with van der Waals surface area (Å²) in [7, 11) is -1.56. The van der Waals surface area contributed by atoms with Crippen molar-refractivity contribution in [3.8, 4) is 0 Å². The maximum absolute atomic E-state index is 11.0. The van der Waals surface area contributed by atoms with Gasteiger partial charge in [0.05, 0.1) is 36.9 Å². The summed E-state index contributed by atoms with van der Waals surface area (Å²) >= 11 is 0. The van der Waals surface area contributed by atoms with Crippen molar-refractivity contribution in [3.05, 3.63) is 0 Å². The molecule has 2 atom stereocenters. The smallest absolute Gasteiger partial charge is 0.155 e. The van der Waals surface area contributed by atoms with Crippen LogP contribution in [0.4, 0.5) is 0 Å². The molecule has 0 amide bonds. The van der Waals surface area contributed by atoms with Crippen molar-refractivity contribution in [2.75, 3.05) is 31.8 Å². The van der Waals surface area contributed by atoms with Gasteiger partial charge in [0.2, 0.25) is 0 Å². The molecule has 13 heavy (non-hydrogen) atoms. The lowest BCUT2D eigenvalue weighted by Crippen LogP contribution is -2.28. The molecular weight excluding hydrogens is 196 g/mol. The predicted molar refractivity (Wildman–Crippen MR) is 46.3 cm³/mol.